The summed E-state index contributed by atoms with van der Waals surface area (Å²) in [5, 5.41) is 3.34. The van der Waals surface area contributed by atoms with E-state index in [9.17, 15) is 0 Å². The topological polar surface area (TPSA) is 44.3 Å². The third kappa shape index (κ3) is 5.93. The zero-order valence-electron chi connectivity index (χ0n) is 17.0. The lowest BCUT2D eigenvalue weighted by Gasteiger charge is -2.28. The molecule has 2 aromatic rings. The summed E-state index contributed by atoms with van der Waals surface area (Å²) < 4.78 is 0. The van der Waals surface area contributed by atoms with Gasteiger partial charge in [-0.25, -0.2) is 4.98 Å². The molecule has 1 N–H and O–H groups in total. The predicted molar refractivity (Wildman–Crippen MR) is 114 cm³/mol. The van der Waals surface area contributed by atoms with Gasteiger partial charge in [0.05, 0.1) is 0 Å². The van der Waals surface area contributed by atoms with E-state index in [2.05, 4.69) is 64.3 Å². The van der Waals surface area contributed by atoms with Gasteiger partial charge in [0.2, 0.25) is 5.95 Å². The van der Waals surface area contributed by atoms with Gasteiger partial charge in [-0.1, -0.05) is 24.1 Å². The second-order valence-electron chi connectivity index (χ2n) is 7.52. The van der Waals surface area contributed by atoms with E-state index in [0.717, 1.165) is 30.3 Å². The van der Waals surface area contributed by atoms with Crippen molar-refractivity contribution in [3.63, 3.8) is 0 Å². The van der Waals surface area contributed by atoms with Gasteiger partial charge in [-0.3, -0.25) is 0 Å². The van der Waals surface area contributed by atoms with Crippen LogP contribution in [0.5, 0.6) is 0 Å². The molecule has 1 aliphatic rings. The number of likely N-dealkylation sites (tertiary alicyclic amines) is 1. The van der Waals surface area contributed by atoms with Crippen molar-refractivity contribution in [2.75, 3.05) is 42.9 Å². The number of aryl methyl sites for hydroxylation is 2. The molecule has 5 heteroatoms. The van der Waals surface area contributed by atoms with Crippen LogP contribution in [0, 0.1) is 13.8 Å². The smallest absolute Gasteiger partial charge is 0.229 e. The van der Waals surface area contributed by atoms with E-state index < -0.39 is 0 Å². The first kappa shape index (κ1) is 19.6. The maximum atomic E-state index is 4.78. The zero-order chi connectivity index (χ0) is 19.1. The number of anilines is 3. The van der Waals surface area contributed by atoms with Crippen LogP contribution in [0.25, 0.3) is 0 Å². The van der Waals surface area contributed by atoms with Crippen molar-refractivity contribution in [2.45, 2.75) is 46.5 Å². The van der Waals surface area contributed by atoms with Crippen molar-refractivity contribution >= 4 is 17.5 Å². The molecule has 0 saturated carbocycles. The predicted octanol–water partition coefficient (Wildman–Crippen LogP) is 4.54. The Kier molecular flexibility index (Phi) is 7.04. The van der Waals surface area contributed by atoms with Gasteiger partial charge in [0, 0.05) is 30.5 Å². The first-order chi connectivity index (χ1) is 13.1. The number of hydrogen-bond donors (Lipinski definition) is 1. The van der Waals surface area contributed by atoms with E-state index in [0.29, 0.717) is 5.95 Å². The lowest BCUT2D eigenvalue weighted by Crippen LogP contribution is -2.33. The molecule has 1 aromatic carbocycles. The van der Waals surface area contributed by atoms with Crippen LogP contribution in [0.2, 0.25) is 0 Å². The molecule has 1 saturated heterocycles. The Balaban J connectivity index is 1.62. The van der Waals surface area contributed by atoms with Crippen LogP contribution in [0.3, 0.4) is 0 Å². The van der Waals surface area contributed by atoms with E-state index in [4.69, 9.17) is 4.98 Å². The monoisotopic (exact) mass is 367 g/mol. The van der Waals surface area contributed by atoms with Gasteiger partial charge in [-0.15, -0.1) is 0 Å². The van der Waals surface area contributed by atoms with Crippen molar-refractivity contribution in [2.24, 2.45) is 0 Å². The Morgan fingerprint density at radius 2 is 1.78 bits per heavy atom. The third-order valence-electron chi connectivity index (χ3n) is 5.21. The zero-order valence-corrected chi connectivity index (χ0v) is 17.0. The summed E-state index contributed by atoms with van der Waals surface area (Å²) in [7, 11) is 0. The maximum absolute atomic E-state index is 4.78. The Labute approximate surface area is 163 Å². The van der Waals surface area contributed by atoms with Gasteiger partial charge in [-0.2, -0.15) is 4.98 Å². The second-order valence-corrected chi connectivity index (χ2v) is 7.52. The molecule has 27 heavy (non-hydrogen) atoms. The highest BCUT2D eigenvalue weighted by atomic mass is 15.2. The number of aromatic nitrogens is 2. The SMILES string of the molecule is CCN(CCCN1CCCCC1)c1cc(C)nc(Nc2ccc(C)cc2)n1. The van der Waals surface area contributed by atoms with Gasteiger partial charge < -0.3 is 15.1 Å². The molecule has 1 aromatic heterocycles. The number of piperidine rings is 1. The molecule has 1 aliphatic heterocycles. The Hall–Kier alpha value is -2.14. The van der Waals surface area contributed by atoms with Crippen LogP contribution in [-0.2, 0) is 0 Å². The van der Waals surface area contributed by atoms with Crippen molar-refractivity contribution < 1.29 is 0 Å². The summed E-state index contributed by atoms with van der Waals surface area (Å²) in [5.41, 5.74) is 3.26. The van der Waals surface area contributed by atoms with Crippen molar-refractivity contribution in [3.05, 3.63) is 41.6 Å². The largest absolute Gasteiger partial charge is 0.357 e. The van der Waals surface area contributed by atoms with Crippen LogP contribution in [0.4, 0.5) is 17.5 Å². The first-order valence-corrected chi connectivity index (χ1v) is 10.3. The number of nitrogens with zero attached hydrogens (tertiary/aromatic N) is 4. The summed E-state index contributed by atoms with van der Waals surface area (Å²) in [5.74, 6) is 1.68. The van der Waals surface area contributed by atoms with E-state index in [1.54, 1.807) is 0 Å². The van der Waals surface area contributed by atoms with Crippen LogP contribution in [-0.4, -0.2) is 47.6 Å². The molecule has 0 radical (unpaired) electrons. The Bertz CT molecular complexity index is 707. The molecule has 3 rings (SSSR count). The minimum Gasteiger partial charge on any atom is -0.357 e. The molecule has 0 atom stereocenters. The fourth-order valence-corrected chi connectivity index (χ4v) is 3.64. The van der Waals surface area contributed by atoms with Crippen LogP contribution in [0.1, 0.15) is 43.9 Å². The van der Waals surface area contributed by atoms with Crippen molar-refractivity contribution in [1.82, 2.24) is 14.9 Å². The standard InChI is InChI=1S/C22H33N5/c1-4-27(16-8-15-26-13-6-5-7-14-26)21-17-19(3)23-22(25-21)24-20-11-9-18(2)10-12-20/h9-12,17H,4-8,13-16H2,1-3H3,(H,23,24,25). The molecule has 2 heterocycles. The first-order valence-electron chi connectivity index (χ1n) is 10.3. The van der Waals surface area contributed by atoms with Gasteiger partial charge in [-0.05, 0) is 71.8 Å². The van der Waals surface area contributed by atoms with Crippen LogP contribution >= 0.6 is 0 Å². The van der Waals surface area contributed by atoms with Crippen molar-refractivity contribution in [3.8, 4) is 0 Å². The third-order valence-corrected chi connectivity index (χ3v) is 5.21. The van der Waals surface area contributed by atoms with Gasteiger partial charge in [0.1, 0.15) is 5.82 Å². The quantitative estimate of drug-likeness (QED) is 0.742. The minimum absolute atomic E-state index is 0.670. The summed E-state index contributed by atoms with van der Waals surface area (Å²) in [6.07, 6.45) is 5.29. The Morgan fingerprint density at radius 3 is 2.48 bits per heavy atom. The normalized spacial score (nSPS) is 14.9. The number of nitrogens with one attached hydrogen (secondary N) is 1. The highest BCUT2D eigenvalue weighted by Crippen LogP contribution is 2.19. The summed E-state index contributed by atoms with van der Waals surface area (Å²) in [6, 6.07) is 10.4. The molecular weight excluding hydrogens is 334 g/mol. The average Bonchev–Trinajstić information content (AvgIpc) is 2.67. The second kappa shape index (κ2) is 9.70. The Morgan fingerprint density at radius 1 is 1.04 bits per heavy atom. The molecular formula is C22H33N5. The highest BCUT2D eigenvalue weighted by molar-refractivity contribution is 5.56. The molecule has 0 amide bonds. The molecule has 0 aliphatic carbocycles. The number of benzene rings is 1. The minimum atomic E-state index is 0.670. The van der Waals surface area contributed by atoms with E-state index in [1.807, 2.05) is 6.92 Å². The van der Waals surface area contributed by atoms with Crippen molar-refractivity contribution in [1.29, 1.82) is 0 Å². The summed E-state index contributed by atoms with van der Waals surface area (Å²) in [6.45, 7) is 12.0. The lowest BCUT2D eigenvalue weighted by molar-refractivity contribution is 0.227. The summed E-state index contributed by atoms with van der Waals surface area (Å²) >= 11 is 0. The average molecular weight is 368 g/mol. The molecule has 146 valence electrons. The van der Waals surface area contributed by atoms with E-state index in [1.165, 1.54) is 50.9 Å². The lowest BCUT2D eigenvalue weighted by atomic mass is 10.1. The van der Waals surface area contributed by atoms with E-state index in [-0.39, 0.29) is 0 Å². The molecule has 5 nitrogen and oxygen atoms in total. The maximum Gasteiger partial charge on any atom is 0.229 e. The van der Waals surface area contributed by atoms with Crippen LogP contribution in [0.15, 0.2) is 30.3 Å². The fraction of sp³-hybridized carbons (Fsp3) is 0.545. The fourth-order valence-electron chi connectivity index (χ4n) is 3.64. The van der Waals surface area contributed by atoms with E-state index >= 15 is 0 Å². The highest BCUT2D eigenvalue weighted by Gasteiger charge is 2.12. The number of hydrogen-bond acceptors (Lipinski definition) is 5. The van der Waals surface area contributed by atoms with Crippen LogP contribution < -0.4 is 10.2 Å². The van der Waals surface area contributed by atoms with Gasteiger partial charge >= 0.3 is 0 Å². The van der Waals surface area contributed by atoms with Gasteiger partial charge in [0.15, 0.2) is 0 Å². The van der Waals surface area contributed by atoms with Gasteiger partial charge in [0.25, 0.3) is 0 Å². The molecule has 0 spiro atoms. The molecule has 0 bridgehead atoms. The summed E-state index contributed by atoms with van der Waals surface area (Å²) in [4.78, 5) is 14.3. The molecule has 0 unspecified atom stereocenters. The number of rotatable bonds is 8. The molecule has 1 fully saturated rings.